The van der Waals surface area contributed by atoms with Gasteiger partial charge in [-0.2, -0.15) is 0 Å². The molecule has 1 heterocycles. The summed E-state index contributed by atoms with van der Waals surface area (Å²) in [5.41, 5.74) is -0.182. The SMILES string of the molecule is CC(C)C1CCCCC1NC(=O)C1(C)CCNC1. The predicted octanol–water partition coefficient (Wildman–Crippen LogP) is 2.32. The lowest BCUT2D eigenvalue weighted by molar-refractivity contribution is -0.130. The zero-order valence-electron chi connectivity index (χ0n) is 12.1. The van der Waals surface area contributed by atoms with Crippen molar-refractivity contribution in [3.8, 4) is 0 Å². The molecule has 3 nitrogen and oxygen atoms in total. The Balaban J connectivity index is 1.96. The fraction of sp³-hybridized carbons (Fsp3) is 0.933. The van der Waals surface area contributed by atoms with Gasteiger partial charge in [-0.1, -0.05) is 26.7 Å². The number of carbonyl (C=O) groups excluding carboxylic acids is 1. The van der Waals surface area contributed by atoms with E-state index in [1.807, 2.05) is 0 Å². The van der Waals surface area contributed by atoms with Gasteiger partial charge in [0.25, 0.3) is 0 Å². The molecule has 0 aromatic rings. The second-order valence-electron chi connectivity index (χ2n) is 6.76. The van der Waals surface area contributed by atoms with Crippen molar-refractivity contribution in [2.24, 2.45) is 17.3 Å². The van der Waals surface area contributed by atoms with E-state index in [0.29, 0.717) is 17.9 Å². The molecule has 2 N–H and O–H groups in total. The van der Waals surface area contributed by atoms with Crippen LogP contribution in [0, 0.1) is 17.3 Å². The summed E-state index contributed by atoms with van der Waals surface area (Å²) < 4.78 is 0. The van der Waals surface area contributed by atoms with Gasteiger partial charge in [0, 0.05) is 12.6 Å². The Kier molecular flexibility index (Phi) is 4.31. The van der Waals surface area contributed by atoms with Crippen LogP contribution in [0.4, 0.5) is 0 Å². The smallest absolute Gasteiger partial charge is 0.227 e. The molecular weight excluding hydrogens is 224 g/mol. The number of nitrogens with one attached hydrogen (secondary N) is 2. The molecule has 0 radical (unpaired) electrons. The molecule has 0 spiro atoms. The number of carbonyl (C=O) groups is 1. The maximum Gasteiger partial charge on any atom is 0.227 e. The topological polar surface area (TPSA) is 41.1 Å². The van der Waals surface area contributed by atoms with Crippen LogP contribution in [-0.4, -0.2) is 25.0 Å². The number of hydrogen-bond donors (Lipinski definition) is 2. The number of amides is 1. The molecule has 0 aromatic carbocycles. The summed E-state index contributed by atoms with van der Waals surface area (Å²) in [7, 11) is 0. The summed E-state index contributed by atoms with van der Waals surface area (Å²) in [4.78, 5) is 12.5. The van der Waals surface area contributed by atoms with Crippen molar-refractivity contribution >= 4 is 5.91 Å². The molecule has 1 saturated heterocycles. The minimum absolute atomic E-state index is 0.182. The predicted molar refractivity (Wildman–Crippen MR) is 74.3 cm³/mol. The average molecular weight is 252 g/mol. The van der Waals surface area contributed by atoms with Gasteiger partial charge in [0.1, 0.15) is 0 Å². The lowest BCUT2D eigenvalue weighted by Crippen LogP contribution is -2.49. The molecule has 2 rings (SSSR count). The summed E-state index contributed by atoms with van der Waals surface area (Å²) in [5.74, 6) is 1.61. The van der Waals surface area contributed by atoms with E-state index in [1.54, 1.807) is 0 Å². The lowest BCUT2D eigenvalue weighted by atomic mass is 9.77. The molecular formula is C15H28N2O. The van der Waals surface area contributed by atoms with Gasteiger partial charge in [-0.25, -0.2) is 0 Å². The maximum atomic E-state index is 12.5. The molecule has 1 aliphatic carbocycles. The second-order valence-corrected chi connectivity index (χ2v) is 6.76. The Labute approximate surface area is 111 Å². The van der Waals surface area contributed by atoms with E-state index in [1.165, 1.54) is 19.3 Å². The second kappa shape index (κ2) is 5.60. The van der Waals surface area contributed by atoms with Gasteiger partial charge in [0.2, 0.25) is 5.91 Å². The van der Waals surface area contributed by atoms with Crippen molar-refractivity contribution in [1.29, 1.82) is 0 Å². The molecule has 3 heteroatoms. The minimum atomic E-state index is -0.182. The van der Waals surface area contributed by atoms with Crippen molar-refractivity contribution < 1.29 is 4.79 Å². The fourth-order valence-corrected chi connectivity index (χ4v) is 3.49. The van der Waals surface area contributed by atoms with Crippen LogP contribution in [0.15, 0.2) is 0 Å². The van der Waals surface area contributed by atoms with Gasteiger partial charge in [-0.3, -0.25) is 4.79 Å². The Hall–Kier alpha value is -0.570. The average Bonchev–Trinajstić information content (AvgIpc) is 2.78. The zero-order chi connectivity index (χ0) is 13.2. The van der Waals surface area contributed by atoms with Crippen molar-refractivity contribution in [2.75, 3.05) is 13.1 Å². The first kappa shape index (κ1) is 13.9. The van der Waals surface area contributed by atoms with Crippen LogP contribution in [-0.2, 0) is 4.79 Å². The maximum absolute atomic E-state index is 12.5. The van der Waals surface area contributed by atoms with E-state index < -0.39 is 0 Å². The summed E-state index contributed by atoms with van der Waals surface area (Å²) in [6.07, 6.45) is 6.00. The van der Waals surface area contributed by atoms with Crippen molar-refractivity contribution in [3.05, 3.63) is 0 Å². The summed E-state index contributed by atoms with van der Waals surface area (Å²) in [6, 6.07) is 0.406. The monoisotopic (exact) mass is 252 g/mol. The molecule has 0 bridgehead atoms. The van der Waals surface area contributed by atoms with Crippen LogP contribution in [0.2, 0.25) is 0 Å². The Morgan fingerprint density at radius 1 is 1.33 bits per heavy atom. The first-order valence-corrected chi connectivity index (χ1v) is 7.54. The molecule has 3 unspecified atom stereocenters. The standard InChI is InChI=1S/C15H28N2O/c1-11(2)12-6-4-5-7-13(12)17-14(18)15(3)8-9-16-10-15/h11-13,16H,4-10H2,1-3H3,(H,17,18). The number of hydrogen-bond acceptors (Lipinski definition) is 2. The van der Waals surface area contributed by atoms with E-state index in [2.05, 4.69) is 31.4 Å². The summed E-state index contributed by atoms with van der Waals surface area (Å²) in [6.45, 7) is 8.47. The van der Waals surface area contributed by atoms with Crippen LogP contribution in [0.5, 0.6) is 0 Å². The van der Waals surface area contributed by atoms with E-state index in [4.69, 9.17) is 0 Å². The first-order chi connectivity index (χ1) is 8.53. The molecule has 3 atom stereocenters. The molecule has 18 heavy (non-hydrogen) atoms. The van der Waals surface area contributed by atoms with E-state index in [-0.39, 0.29) is 11.3 Å². The quantitative estimate of drug-likeness (QED) is 0.809. The van der Waals surface area contributed by atoms with Gasteiger partial charge in [-0.15, -0.1) is 0 Å². The van der Waals surface area contributed by atoms with E-state index in [9.17, 15) is 4.79 Å². The van der Waals surface area contributed by atoms with Gasteiger partial charge in [-0.05, 0) is 44.6 Å². The molecule has 2 aliphatic rings. The van der Waals surface area contributed by atoms with Crippen LogP contribution in [0.1, 0.15) is 52.9 Å². The summed E-state index contributed by atoms with van der Waals surface area (Å²) in [5, 5.41) is 6.66. The van der Waals surface area contributed by atoms with Crippen LogP contribution >= 0.6 is 0 Å². The van der Waals surface area contributed by atoms with Crippen LogP contribution in [0.3, 0.4) is 0 Å². The highest BCUT2D eigenvalue weighted by Crippen LogP contribution is 2.32. The molecule has 0 aromatic heterocycles. The van der Waals surface area contributed by atoms with E-state index in [0.717, 1.165) is 25.9 Å². The Morgan fingerprint density at radius 2 is 2.06 bits per heavy atom. The molecule has 1 saturated carbocycles. The first-order valence-electron chi connectivity index (χ1n) is 7.54. The van der Waals surface area contributed by atoms with Crippen molar-refractivity contribution in [2.45, 2.75) is 58.9 Å². The van der Waals surface area contributed by atoms with Crippen molar-refractivity contribution in [3.63, 3.8) is 0 Å². The Bertz CT molecular complexity index is 295. The highest BCUT2D eigenvalue weighted by molar-refractivity contribution is 5.83. The van der Waals surface area contributed by atoms with Crippen LogP contribution < -0.4 is 10.6 Å². The number of rotatable bonds is 3. The van der Waals surface area contributed by atoms with Gasteiger partial charge < -0.3 is 10.6 Å². The lowest BCUT2D eigenvalue weighted by Gasteiger charge is -2.36. The molecule has 104 valence electrons. The minimum Gasteiger partial charge on any atom is -0.353 e. The normalized spacial score (nSPS) is 36.9. The summed E-state index contributed by atoms with van der Waals surface area (Å²) >= 11 is 0. The fourth-order valence-electron chi connectivity index (χ4n) is 3.49. The van der Waals surface area contributed by atoms with Crippen LogP contribution in [0.25, 0.3) is 0 Å². The third-order valence-corrected chi connectivity index (χ3v) is 4.91. The van der Waals surface area contributed by atoms with Gasteiger partial charge in [0.15, 0.2) is 0 Å². The molecule has 2 fully saturated rings. The van der Waals surface area contributed by atoms with Crippen molar-refractivity contribution in [1.82, 2.24) is 10.6 Å². The Morgan fingerprint density at radius 3 is 2.67 bits per heavy atom. The largest absolute Gasteiger partial charge is 0.353 e. The third kappa shape index (κ3) is 2.87. The van der Waals surface area contributed by atoms with Gasteiger partial charge in [0.05, 0.1) is 5.41 Å². The molecule has 1 aliphatic heterocycles. The highest BCUT2D eigenvalue weighted by Gasteiger charge is 2.38. The third-order valence-electron chi connectivity index (χ3n) is 4.91. The van der Waals surface area contributed by atoms with Gasteiger partial charge >= 0.3 is 0 Å². The highest BCUT2D eigenvalue weighted by atomic mass is 16.2. The van der Waals surface area contributed by atoms with E-state index >= 15 is 0 Å². The zero-order valence-corrected chi connectivity index (χ0v) is 12.1. The molecule has 1 amide bonds.